The van der Waals surface area contributed by atoms with E-state index < -0.39 is 0 Å². The van der Waals surface area contributed by atoms with Crippen molar-refractivity contribution in [2.75, 3.05) is 25.5 Å². The van der Waals surface area contributed by atoms with E-state index in [4.69, 9.17) is 4.74 Å². The summed E-state index contributed by atoms with van der Waals surface area (Å²) in [5.41, 5.74) is 2.16. The van der Waals surface area contributed by atoms with Crippen molar-refractivity contribution >= 4 is 17.3 Å². The number of amides is 1. The van der Waals surface area contributed by atoms with Gasteiger partial charge in [0.1, 0.15) is 5.75 Å². The molecule has 1 amide bonds. The van der Waals surface area contributed by atoms with Crippen molar-refractivity contribution < 1.29 is 9.53 Å². The van der Waals surface area contributed by atoms with Gasteiger partial charge in [0, 0.05) is 19.3 Å². The average Bonchev–Trinajstić information content (AvgIpc) is 2.56. The van der Waals surface area contributed by atoms with Crippen LogP contribution in [0, 0.1) is 0 Å². The van der Waals surface area contributed by atoms with E-state index in [1.165, 1.54) is 0 Å². The molecule has 0 bridgehead atoms. The first-order valence-corrected chi connectivity index (χ1v) is 7.34. The molecule has 2 aromatic rings. The second kappa shape index (κ2) is 7.45. The van der Waals surface area contributed by atoms with Crippen LogP contribution < -0.4 is 10.1 Å². The van der Waals surface area contributed by atoms with Gasteiger partial charge >= 0.3 is 0 Å². The maximum atomic E-state index is 12.4. The van der Waals surface area contributed by atoms with Crippen molar-refractivity contribution in [2.45, 2.75) is 13.8 Å². The molecule has 0 saturated carbocycles. The first kappa shape index (κ1) is 15.8. The van der Waals surface area contributed by atoms with E-state index in [0.717, 1.165) is 17.1 Å². The molecular formula is C17H21N3O2. The van der Waals surface area contributed by atoms with Crippen molar-refractivity contribution in [3.8, 4) is 5.75 Å². The van der Waals surface area contributed by atoms with Gasteiger partial charge < -0.3 is 15.0 Å². The number of aromatic nitrogens is 1. The van der Waals surface area contributed by atoms with Gasteiger partial charge in [-0.05, 0) is 32.0 Å². The number of carbonyl (C=O) groups is 1. The van der Waals surface area contributed by atoms with Gasteiger partial charge in [-0.1, -0.05) is 12.1 Å². The van der Waals surface area contributed by atoms with E-state index in [1.807, 2.05) is 38.1 Å². The van der Waals surface area contributed by atoms with E-state index in [1.54, 1.807) is 30.5 Å². The van der Waals surface area contributed by atoms with E-state index >= 15 is 0 Å². The molecule has 1 heterocycles. The van der Waals surface area contributed by atoms with Crippen LogP contribution in [-0.4, -0.2) is 36.0 Å². The molecule has 116 valence electrons. The largest absolute Gasteiger partial charge is 0.495 e. The van der Waals surface area contributed by atoms with Crippen LogP contribution in [0.4, 0.5) is 11.4 Å². The fourth-order valence-corrected chi connectivity index (χ4v) is 2.22. The highest BCUT2D eigenvalue weighted by Gasteiger charge is 2.13. The molecule has 1 N–H and O–H groups in total. The van der Waals surface area contributed by atoms with Crippen LogP contribution in [0.5, 0.6) is 5.75 Å². The van der Waals surface area contributed by atoms with Crippen LogP contribution in [0.15, 0.2) is 42.7 Å². The molecule has 0 aliphatic heterocycles. The van der Waals surface area contributed by atoms with E-state index in [2.05, 4.69) is 10.3 Å². The second-order valence-electron chi connectivity index (χ2n) is 4.77. The van der Waals surface area contributed by atoms with Crippen LogP contribution in [0.25, 0.3) is 0 Å². The SMILES string of the molecule is CCN(CC)C(=O)c1cncc(Nc2ccccc2OC)c1. The van der Waals surface area contributed by atoms with Gasteiger partial charge in [0.2, 0.25) is 0 Å². The van der Waals surface area contributed by atoms with Gasteiger partial charge in [-0.25, -0.2) is 0 Å². The lowest BCUT2D eigenvalue weighted by molar-refractivity contribution is 0.0772. The molecule has 2 rings (SSSR count). The van der Waals surface area contributed by atoms with Gasteiger partial charge in [0.25, 0.3) is 5.91 Å². The molecular weight excluding hydrogens is 278 g/mol. The second-order valence-corrected chi connectivity index (χ2v) is 4.77. The van der Waals surface area contributed by atoms with Crippen molar-refractivity contribution in [3.63, 3.8) is 0 Å². The molecule has 0 aliphatic rings. The number of nitrogens with one attached hydrogen (secondary N) is 1. The third-order valence-electron chi connectivity index (χ3n) is 3.42. The van der Waals surface area contributed by atoms with Crippen molar-refractivity contribution in [3.05, 3.63) is 48.3 Å². The zero-order chi connectivity index (χ0) is 15.9. The minimum absolute atomic E-state index is 0.0128. The summed E-state index contributed by atoms with van der Waals surface area (Å²) in [6.07, 6.45) is 3.28. The normalized spacial score (nSPS) is 10.1. The first-order chi connectivity index (χ1) is 10.7. The summed E-state index contributed by atoms with van der Waals surface area (Å²) >= 11 is 0. The fraction of sp³-hybridized carbons (Fsp3) is 0.294. The number of rotatable bonds is 6. The molecule has 5 nitrogen and oxygen atoms in total. The number of benzene rings is 1. The lowest BCUT2D eigenvalue weighted by atomic mass is 10.2. The summed E-state index contributed by atoms with van der Waals surface area (Å²) in [6, 6.07) is 9.42. The molecule has 0 unspecified atom stereocenters. The van der Waals surface area contributed by atoms with Crippen LogP contribution in [0.2, 0.25) is 0 Å². The summed E-state index contributed by atoms with van der Waals surface area (Å²) < 4.78 is 5.31. The monoisotopic (exact) mass is 299 g/mol. The Kier molecular flexibility index (Phi) is 5.36. The molecule has 0 atom stereocenters. The van der Waals surface area contributed by atoms with E-state index in [0.29, 0.717) is 18.7 Å². The third-order valence-corrected chi connectivity index (χ3v) is 3.42. The van der Waals surface area contributed by atoms with Crippen molar-refractivity contribution in [2.24, 2.45) is 0 Å². The maximum Gasteiger partial charge on any atom is 0.255 e. The highest BCUT2D eigenvalue weighted by atomic mass is 16.5. The fourth-order valence-electron chi connectivity index (χ4n) is 2.22. The van der Waals surface area contributed by atoms with Crippen molar-refractivity contribution in [1.82, 2.24) is 9.88 Å². The van der Waals surface area contributed by atoms with Gasteiger partial charge in [-0.2, -0.15) is 0 Å². The zero-order valence-corrected chi connectivity index (χ0v) is 13.2. The standard InChI is InChI=1S/C17H21N3O2/c1-4-20(5-2)17(21)13-10-14(12-18-11-13)19-15-8-6-7-9-16(15)22-3/h6-12,19H,4-5H2,1-3H3. The Bertz CT molecular complexity index is 639. The predicted octanol–water partition coefficient (Wildman–Crippen LogP) is 3.32. The molecule has 0 fully saturated rings. The maximum absolute atomic E-state index is 12.4. The number of hydrogen-bond acceptors (Lipinski definition) is 4. The van der Waals surface area contributed by atoms with Crippen molar-refractivity contribution in [1.29, 1.82) is 0 Å². The molecule has 1 aromatic heterocycles. The quantitative estimate of drug-likeness (QED) is 0.889. The predicted molar refractivity (Wildman–Crippen MR) is 87.8 cm³/mol. The Balaban J connectivity index is 2.23. The number of methoxy groups -OCH3 is 1. The van der Waals surface area contributed by atoms with Crippen LogP contribution in [-0.2, 0) is 0 Å². The Labute approximate surface area is 130 Å². The van der Waals surface area contributed by atoms with Crippen LogP contribution in [0.3, 0.4) is 0 Å². The number of para-hydroxylation sites is 2. The minimum Gasteiger partial charge on any atom is -0.495 e. The molecule has 5 heteroatoms. The highest BCUT2D eigenvalue weighted by Crippen LogP contribution is 2.27. The Morgan fingerprint density at radius 1 is 1.23 bits per heavy atom. The van der Waals surface area contributed by atoms with E-state index in [9.17, 15) is 4.79 Å². The van der Waals surface area contributed by atoms with Crippen LogP contribution in [0.1, 0.15) is 24.2 Å². The molecule has 22 heavy (non-hydrogen) atoms. The van der Waals surface area contributed by atoms with Crippen LogP contribution >= 0.6 is 0 Å². The molecule has 0 spiro atoms. The van der Waals surface area contributed by atoms with Gasteiger partial charge in [0.05, 0.1) is 30.2 Å². The molecule has 0 aliphatic carbocycles. The number of hydrogen-bond donors (Lipinski definition) is 1. The zero-order valence-electron chi connectivity index (χ0n) is 13.2. The molecule has 0 radical (unpaired) electrons. The minimum atomic E-state index is -0.0128. The molecule has 0 saturated heterocycles. The Morgan fingerprint density at radius 2 is 1.95 bits per heavy atom. The Hall–Kier alpha value is -2.56. The van der Waals surface area contributed by atoms with E-state index in [-0.39, 0.29) is 5.91 Å². The smallest absolute Gasteiger partial charge is 0.255 e. The summed E-state index contributed by atoms with van der Waals surface area (Å²) in [7, 11) is 1.62. The highest BCUT2D eigenvalue weighted by molar-refractivity contribution is 5.95. The first-order valence-electron chi connectivity index (χ1n) is 7.34. The third kappa shape index (κ3) is 3.55. The topological polar surface area (TPSA) is 54.5 Å². The Morgan fingerprint density at radius 3 is 2.64 bits per heavy atom. The van der Waals surface area contributed by atoms with Gasteiger partial charge in [-0.15, -0.1) is 0 Å². The summed E-state index contributed by atoms with van der Waals surface area (Å²) in [5, 5.41) is 3.24. The van der Waals surface area contributed by atoms with Gasteiger partial charge in [0.15, 0.2) is 0 Å². The average molecular weight is 299 g/mol. The number of nitrogens with zero attached hydrogens (tertiary/aromatic N) is 2. The number of carbonyl (C=O) groups excluding carboxylic acids is 1. The molecule has 1 aromatic carbocycles. The number of anilines is 2. The number of pyridine rings is 1. The summed E-state index contributed by atoms with van der Waals surface area (Å²) in [4.78, 5) is 18.3. The lowest BCUT2D eigenvalue weighted by Crippen LogP contribution is -2.30. The summed E-state index contributed by atoms with van der Waals surface area (Å²) in [5.74, 6) is 0.726. The number of ether oxygens (including phenoxy) is 1. The van der Waals surface area contributed by atoms with Gasteiger partial charge in [-0.3, -0.25) is 9.78 Å². The lowest BCUT2D eigenvalue weighted by Gasteiger charge is -2.19. The summed E-state index contributed by atoms with van der Waals surface area (Å²) in [6.45, 7) is 5.29.